The van der Waals surface area contributed by atoms with Gasteiger partial charge in [-0.2, -0.15) is 0 Å². The third-order valence-electron chi connectivity index (χ3n) is 5.24. The highest BCUT2D eigenvalue weighted by Crippen LogP contribution is 2.42. The zero-order valence-electron chi connectivity index (χ0n) is 15.3. The van der Waals surface area contributed by atoms with E-state index in [2.05, 4.69) is 23.5 Å². The predicted octanol–water partition coefficient (Wildman–Crippen LogP) is 0.602. The fourth-order valence-electron chi connectivity index (χ4n) is 3.75. The number of benzene rings is 1. The largest absolute Gasteiger partial charge is 0.497 e. The van der Waals surface area contributed by atoms with Crippen LogP contribution in [0.1, 0.15) is 36.3 Å². The summed E-state index contributed by atoms with van der Waals surface area (Å²) in [6.07, 6.45) is 0.735. The fraction of sp³-hybridized carbons (Fsp3) is 0.579. The quantitative estimate of drug-likeness (QED) is 0.500. The third kappa shape index (κ3) is 5.41. The number of aliphatic hydroxyl groups excluding tert-OH is 2. The number of carboxylic acid groups (broad SMARTS) is 2. The molecule has 0 amide bonds. The molecule has 0 aromatic heterocycles. The summed E-state index contributed by atoms with van der Waals surface area (Å²) in [5.41, 5.74) is 3.12. The minimum atomic E-state index is -2.27. The van der Waals surface area contributed by atoms with E-state index in [1.165, 1.54) is 38.8 Å². The van der Waals surface area contributed by atoms with Gasteiger partial charge in [0.15, 0.2) is 12.2 Å². The minimum absolute atomic E-state index is 0.780. The van der Waals surface area contributed by atoms with Crippen molar-refractivity contribution in [2.75, 3.05) is 20.2 Å². The van der Waals surface area contributed by atoms with E-state index < -0.39 is 24.1 Å². The van der Waals surface area contributed by atoms with Crippen molar-refractivity contribution in [1.29, 1.82) is 0 Å². The first-order chi connectivity index (χ1) is 12.8. The smallest absolute Gasteiger partial charge is 0.335 e. The molecule has 1 heterocycles. The first-order valence-corrected chi connectivity index (χ1v) is 9.04. The first kappa shape index (κ1) is 21.1. The van der Waals surface area contributed by atoms with Gasteiger partial charge in [0.05, 0.1) is 7.11 Å². The number of carbonyl (C=O) groups is 2. The molecule has 3 unspecified atom stereocenters. The van der Waals surface area contributed by atoms with E-state index in [0.29, 0.717) is 0 Å². The number of hydrogen-bond acceptors (Lipinski definition) is 6. The standard InChI is InChI=1S/C15H21NO.C4H6O6/c1-17-13-4-2-11-3-5-14(15(11)10-13)12-6-8-16-9-7-12;5-1(3(7)8)2(6)4(9)10/h2,4,10,12,14,16H,3,5-9H2,1H3;1-2,5-6H,(H,7,8)(H,9,10). The highest BCUT2D eigenvalue weighted by atomic mass is 16.5. The third-order valence-corrected chi connectivity index (χ3v) is 5.24. The number of piperidine rings is 1. The number of hydrogen-bond donors (Lipinski definition) is 5. The Morgan fingerprint density at radius 1 is 1.07 bits per heavy atom. The second-order valence-electron chi connectivity index (χ2n) is 6.86. The maximum absolute atomic E-state index is 9.77. The number of rotatable bonds is 5. The topological polar surface area (TPSA) is 136 Å². The summed E-state index contributed by atoms with van der Waals surface area (Å²) in [7, 11) is 1.76. The number of aryl methyl sites for hydroxylation is 1. The molecular formula is C19H27NO7. The normalized spacial score (nSPS) is 21.4. The Bertz CT molecular complexity index is 639. The average molecular weight is 381 g/mol. The molecule has 3 rings (SSSR count). The lowest BCUT2D eigenvalue weighted by Gasteiger charge is -2.28. The van der Waals surface area contributed by atoms with Gasteiger partial charge >= 0.3 is 11.9 Å². The van der Waals surface area contributed by atoms with Crippen molar-refractivity contribution in [2.45, 2.75) is 43.8 Å². The number of ether oxygens (including phenoxy) is 1. The van der Waals surface area contributed by atoms with Gasteiger partial charge in [-0.15, -0.1) is 0 Å². The van der Waals surface area contributed by atoms with E-state index >= 15 is 0 Å². The Morgan fingerprint density at radius 3 is 2.19 bits per heavy atom. The van der Waals surface area contributed by atoms with Crippen LogP contribution in [0.3, 0.4) is 0 Å². The lowest BCUT2D eigenvalue weighted by molar-refractivity contribution is -0.165. The Labute approximate surface area is 157 Å². The monoisotopic (exact) mass is 381 g/mol. The second-order valence-corrected chi connectivity index (χ2v) is 6.86. The van der Waals surface area contributed by atoms with Crippen molar-refractivity contribution in [3.63, 3.8) is 0 Å². The Hall–Kier alpha value is -2.16. The molecule has 8 nitrogen and oxygen atoms in total. The summed E-state index contributed by atoms with van der Waals surface area (Å²) < 4.78 is 5.36. The van der Waals surface area contributed by atoms with E-state index in [1.807, 2.05) is 0 Å². The van der Waals surface area contributed by atoms with Gasteiger partial charge in [-0.3, -0.25) is 0 Å². The number of fused-ring (bicyclic) bond motifs is 1. The van der Waals surface area contributed by atoms with Crippen LogP contribution in [0.2, 0.25) is 0 Å². The van der Waals surface area contributed by atoms with Gasteiger partial charge in [0, 0.05) is 0 Å². The number of aliphatic hydroxyl groups is 2. The molecule has 150 valence electrons. The molecular weight excluding hydrogens is 354 g/mol. The molecule has 1 aromatic carbocycles. The molecule has 1 saturated heterocycles. The van der Waals surface area contributed by atoms with Gasteiger partial charge in [-0.1, -0.05) is 6.07 Å². The lowest BCUT2D eigenvalue weighted by atomic mass is 9.81. The molecule has 27 heavy (non-hydrogen) atoms. The van der Waals surface area contributed by atoms with Crippen LogP contribution in [-0.2, 0) is 16.0 Å². The number of aliphatic carboxylic acids is 2. The van der Waals surface area contributed by atoms with Crippen molar-refractivity contribution in [1.82, 2.24) is 5.32 Å². The maximum atomic E-state index is 9.77. The van der Waals surface area contributed by atoms with Crippen LogP contribution >= 0.6 is 0 Å². The summed E-state index contributed by atoms with van der Waals surface area (Å²) in [4.78, 5) is 19.5. The predicted molar refractivity (Wildman–Crippen MR) is 96.9 cm³/mol. The van der Waals surface area contributed by atoms with Crippen LogP contribution in [0.25, 0.3) is 0 Å². The van der Waals surface area contributed by atoms with Gasteiger partial charge in [0.25, 0.3) is 0 Å². The molecule has 0 saturated carbocycles. The van der Waals surface area contributed by atoms with Gasteiger partial charge in [0.1, 0.15) is 5.75 Å². The average Bonchev–Trinajstić information content (AvgIpc) is 3.10. The van der Waals surface area contributed by atoms with E-state index in [-0.39, 0.29) is 0 Å². The first-order valence-electron chi connectivity index (χ1n) is 9.04. The van der Waals surface area contributed by atoms with Crippen LogP contribution in [0.5, 0.6) is 5.75 Å². The van der Waals surface area contributed by atoms with Crippen molar-refractivity contribution < 1.29 is 34.8 Å². The Kier molecular flexibility index (Phi) is 7.58. The van der Waals surface area contributed by atoms with Gasteiger partial charge < -0.3 is 30.5 Å². The Balaban J connectivity index is 0.000000227. The summed E-state index contributed by atoms with van der Waals surface area (Å²) in [6, 6.07) is 6.63. The zero-order valence-corrected chi connectivity index (χ0v) is 15.3. The minimum Gasteiger partial charge on any atom is -0.497 e. The van der Waals surface area contributed by atoms with Crippen LogP contribution in [0.15, 0.2) is 18.2 Å². The molecule has 3 atom stereocenters. The van der Waals surface area contributed by atoms with Crippen LogP contribution < -0.4 is 10.1 Å². The number of carboxylic acids is 2. The zero-order chi connectivity index (χ0) is 20.0. The molecule has 1 fully saturated rings. The molecule has 1 aliphatic carbocycles. The molecule has 1 aromatic rings. The van der Waals surface area contributed by atoms with Crippen LogP contribution in [0, 0.1) is 5.92 Å². The molecule has 0 bridgehead atoms. The molecule has 8 heteroatoms. The van der Waals surface area contributed by atoms with Gasteiger partial charge in [0.2, 0.25) is 0 Å². The van der Waals surface area contributed by atoms with E-state index in [9.17, 15) is 9.59 Å². The number of nitrogens with one attached hydrogen (secondary N) is 1. The SMILES string of the molecule is COc1ccc2c(c1)C(C1CCNCC1)CC2.O=C(O)C(O)C(O)C(=O)O. The van der Waals surface area contributed by atoms with Crippen molar-refractivity contribution in [3.8, 4) is 5.75 Å². The molecule has 0 spiro atoms. The highest BCUT2D eigenvalue weighted by molar-refractivity contribution is 5.83. The maximum Gasteiger partial charge on any atom is 0.335 e. The van der Waals surface area contributed by atoms with Crippen molar-refractivity contribution in [3.05, 3.63) is 29.3 Å². The lowest BCUT2D eigenvalue weighted by Crippen LogP contribution is -2.39. The number of methoxy groups -OCH3 is 1. The molecule has 0 radical (unpaired) electrons. The molecule has 5 N–H and O–H groups in total. The van der Waals surface area contributed by atoms with Crippen molar-refractivity contribution in [2.24, 2.45) is 5.92 Å². The summed E-state index contributed by atoms with van der Waals surface area (Å²) in [5, 5.41) is 36.0. The molecule has 2 aliphatic rings. The summed E-state index contributed by atoms with van der Waals surface area (Å²) >= 11 is 0. The van der Waals surface area contributed by atoms with Gasteiger partial charge in [-0.05, 0) is 73.9 Å². The molecule has 1 aliphatic heterocycles. The van der Waals surface area contributed by atoms with E-state index in [4.69, 9.17) is 25.2 Å². The van der Waals surface area contributed by atoms with E-state index in [1.54, 1.807) is 18.2 Å². The van der Waals surface area contributed by atoms with Crippen molar-refractivity contribution >= 4 is 11.9 Å². The summed E-state index contributed by atoms with van der Waals surface area (Å²) in [6.45, 7) is 2.39. The van der Waals surface area contributed by atoms with Crippen LogP contribution in [0.4, 0.5) is 0 Å². The second kappa shape index (κ2) is 9.68. The highest BCUT2D eigenvalue weighted by Gasteiger charge is 2.31. The fourth-order valence-corrected chi connectivity index (χ4v) is 3.75. The summed E-state index contributed by atoms with van der Waals surface area (Å²) in [5.74, 6) is -0.860. The van der Waals surface area contributed by atoms with Gasteiger partial charge in [-0.25, -0.2) is 9.59 Å². The Morgan fingerprint density at radius 2 is 1.67 bits per heavy atom. The van der Waals surface area contributed by atoms with E-state index in [0.717, 1.165) is 17.6 Å². The van der Waals surface area contributed by atoms with Crippen LogP contribution in [-0.4, -0.2) is 64.8 Å².